The number of nitrogens with zero attached hydrogens (tertiary/aromatic N) is 4. The number of carbonyl (C=O) groups excluding carboxylic acids is 1. The highest BCUT2D eigenvalue weighted by molar-refractivity contribution is 5.96. The number of rotatable bonds is 5. The van der Waals surface area contributed by atoms with Crippen molar-refractivity contribution in [1.29, 1.82) is 0 Å². The first-order valence-corrected chi connectivity index (χ1v) is 7.00. The van der Waals surface area contributed by atoms with E-state index in [0.29, 0.717) is 28.6 Å². The minimum Gasteiger partial charge on any atom is -0.465 e. The van der Waals surface area contributed by atoms with Gasteiger partial charge in [0.15, 0.2) is 11.6 Å². The fraction of sp³-hybridized carbons (Fsp3) is 0.133. The fourth-order valence-electron chi connectivity index (χ4n) is 1.97. The second-order valence-corrected chi connectivity index (χ2v) is 4.78. The zero-order valence-corrected chi connectivity index (χ0v) is 13.0. The Labute approximate surface area is 137 Å². The van der Waals surface area contributed by atoms with Gasteiger partial charge in [0.1, 0.15) is 5.76 Å². The predicted octanol–water partition coefficient (Wildman–Crippen LogP) is 2.44. The van der Waals surface area contributed by atoms with Gasteiger partial charge < -0.3 is 19.9 Å². The van der Waals surface area contributed by atoms with Crippen LogP contribution in [0.15, 0.2) is 41.1 Å². The molecule has 0 radical (unpaired) electrons. The van der Waals surface area contributed by atoms with Gasteiger partial charge in [0.2, 0.25) is 5.95 Å². The molecule has 9 nitrogen and oxygen atoms in total. The lowest BCUT2D eigenvalue weighted by Crippen LogP contribution is -2.07. The van der Waals surface area contributed by atoms with Crippen molar-refractivity contribution in [3.05, 3.63) is 47.9 Å². The minimum atomic E-state index is -0.448. The lowest BCUT2D eigenvalue weighted by atomic mass is 10.2. The van der Waals surface area contributed by atoms with Crippen LogP contribution in [0.5, 0.6) is 0 Å². The van der Waals surface area contributed by atoms with E-state index in [1.165, 1.54) is 13.3 Å². The van der Waals surface area contributed by atoms with Gasteiger partial charge >= 0.3 is 5.97 Å². The van der Waals surface area contributed by atoms with Gasteiger partial charge in [0.05, 0.1) is 24.6 Å². The number of anilines is 4. The first-order valence-electron chi connectivity index (χ1n) is 7.00. The molecule has 24 heavy (non-hydrogen) atoms. The summed E-state index contributed by atoms with van der Waals surface area (Å²) in [6, 6.07) is 8.63. The number of aryl methyl sites for hydroxylation is 1. The molecular weight excluding hydrogens is 312 g/mol. The lowest BCUT2D eigenvalue weighted by Gasteiger charge is -2.10. The van der Waals surface area contributed by atoms with Crippen molar-refractivity contribution in [2.75, 3.05) is 17.7 Å². The van der Waals surface area contributed by atoms with E-state index in [4.69, 9.17) is 9.26 Å². The van der Waals surface area contributed by atoms with Crippen LogP contribution in [-0.2, 0) is 4.74 Å². The van der Waals surface area contributed by atoms with Crippen molar-refractivity contribution in [2.24, 2.45) is 0 Å². The minimum absolute atomic E-state index is 0.240. The van der Waals surface area contributed by atoms with Crippen LogP contribution in [0.3, 0.4) is 0 Å². The Balaban J connectivity index is 1.81. The molecule has 0 saturated heterocycles. The number of para-hydroxylation sites is 1. The number of esters is 1. The predicted molar refractivity (Wildman–Crippen MR) is 85.4 cm³/mol. The molecule has 0 bridgehead atoms. The van der Waals surface area contributed by atoms with Crippen molar-refractivity contribution in [3.8, 4) is 0 Å². The van der Waals surface area contributed by atoms with Crippen molar-refractivity contribution in [1.82, 2.24) is 20.3 Å². The number of hydrogen-bond acceptors (Lipinski definition) is 9. The molecule has 0 amide bonds. The van der Waals surface area contributed by atoms with E-state index in [0.717, 1.165) is 0 Å². The molecule has 0 spiro atoms. The SMILES string of the molecule is COC(=O)c1ccccc1Nc1cnnc(Nc2cc(C)on2)n1. The van der Waals surface area contributed by atoms with Gasteiger partial charge in [-0.3, -0.25) is 0 Å². The Bertz CT molecular complexity index is 864. The molecule has 0 saturated carbocycles. The van der Waals surface area contributed by atoms with E-state index in [1.807, 2.05) is 0 Å². The van der Waals surface area contributed by atoms with E-state index in [-0.39, 0.29) is 5.95 Å². The van der Waals surface area contributed by atoms with Gasteiger partial charge in [0.25, 0.3) is 0 Å². The molecule has 0 aliphatic heterocycles. The highest BCUT2D eigenvalue weighted by Gasteiger charge is 2.12. The second-order valence-electron chi connectivity index (χ2n) is 4.78. The van der Waals surface area contributed by atoms with Gasteiger partial charge in [-0.15, -0.1) is 5.10 Å². The van der Waals surface area contributed by atoms with Crippen LogP contribution < -0.4 is 10.6 Å². The number of carbonyl (C=O) groups is 1. The Morgan fingerprint density at radius 2 is 2.04 bits per heavy atom. The quantitative estimate of drug-likeness (QED) is 0.682. The van der Waals surface area contributed by atoms with E-state index >= 15 is 0 Å². The number of aromatic nitrogens is 4. The lowest BCUT2D eigenvalue weighted by molar-refractivity contribution is 0.0602. The van der Waals surface area contributed by atoms with E-state index in [9.17, 15) is 4.79 Å². The standard InChI is InChI=1S/C15H14N6O3/c1-9-7-12(21-24-9)18-15-19-13(8-16-20-15)17-11-6-4-3-5-10(11)14(22)23-2/h3-8H,1-2H3,(H2,17,18,19,20,21). The highest BCUT2D eigenvalue weighted by Crippen LogP contribution is 2.21. The summed E-state index contributed by atoms with van der Waals surface area (Å²) in [5.41, 5.74) is 0.938. The maximum atomic E-state index is 11.8. The fourth-order valence-corrected chi connectivity index (χ4v) is 1.97. The third-order valence-electron chi connectivity index (χ3n) is 3.02. The second kappa shape index (κ2) is 6.73. The molecule has 3 rings (SSSR count). The van der Waals surface area contributed by atoms with Crippen LogP contribution in [0.25, 0.3) is 0 Å². The molecule has 1 aromatic carbocycles. The Kier molecular flexibility index (Phi) is 4.32. The number of ether oxygens (including phenoxy) is 1. The summed E-state index contributed by atoms with van der Waals surface area (Å²) < 4.78 is 9.72. The molecule has 0 unspecified atom stereocenters. The number of nitrogens with one attached hydrogen (secondary N) is 2. The summed E-state index contributed by atoms with van der Waals surface area (Å²) in [6.45, 7) is 1.78. The molecule has 0 atom stereocenters. The summed E-state index contributed by atoms with van der Waals surface area (Å²) >= 11 is 0. The van der Waals surface area contributed by atoms with Crippen LogP contribution in [0.4, 0.5) is 23.3 Å². The van der Waals surface area contributed by atoms with Crippen LogP contribution in [0, 0.1) is 6.92 Å². The molecular formula is C15H14N6O3. The third kappa shape index (κ3) is 3.46. The zero-order chi connectivity index (χ0) is 16.9. The molecule has 0 aliphatic rings. The maximum Gasteiger partial charge on any atom is 0.339 e. The van der Waals surface area contributed by atoms with Crippen LogP contribution in [0.1, 0.15) is 16.1 Å². The molecule has 3 aromatic rings. The van der Waals surface area contributed by atoms with Crippen molar-refractivity contribution in [2.45, 2.75) is 6.92 Å². The maximum absolute atomic E-state index is 11.8. The Hall–Kier alpha value is -3.49. The molecule has 9 heteroatoms. The van der Waals surface area contributed by atoms with Gasteiger partial charge in [-0.2, -0.15) is 10.1 Å². The highest BCUT2D eigenvalue weighted by atomic mass is 16.5. The van der Waals surface area contributed by atoms with Crippen molar-refractivity contribution < 1.29 is 14.1 Å². The zero-order valence-electron chi connectivity index (χ0n) is 13.0. The summed E-state index contributed by atoms with van der Waals surface area (Å²) in [6.07, 6.45) is 1.44. The van der Waals surface area contributed by atoms with Crippen molar-refractivity contribution in [3.63, 3.8) is 0 Å². The van der Waals surface area contributed by atoms with E-state index < -0.39 is 5.97 Å². The first kappa shape index (κ1) is 15.4. The summed E-state index contributed by atoms with van der Waals surface area (Å²) in [5.74, 6) is 1.33. The molecule has 0 fully saturated rings. The largest absolute Gasteiger partial charge is 0.465 e. The van der Waals surface area contributed by atoms with Gasteiger partial charge in [0, 0.05) is 6.07 Å². The topological polar surface area (TPSA) is 115 Å². The number of hydrogen-bond donors (Lipinski definition) is 2. The Morgan fingerprint density at radius 1 is 1.21 bits per heavy atom. The molecule has 122 valence electrons. The van der Waals surface area contributed by atoms with E-state index in [1.54, 1.807) is 37.3 Å². The smallest absolute Gasteiger partial charge is 0.339 e. The monoisotopic (exact) mass is 326 g/mol. The first-order chi connectivity index (χ1) is 11.7. The van der Waals surface area contributed by atoms with Crippen molar-refractivity contribution >= 4 is 29.2 Å². The van der Waals surface area contributed by atoms with Gasteiger partial charge in [-0.1, -0.05) is 17.3 Å². The van der Waals surface area contributed by atoms with E-state index in [2.05, 4.69) is 31.0 Å². The normalized spacial score (nSPS) is 10.2. The third-order valence-corrected chi connectivity index (χ3v) is 3.02. The molecule has 2 heterocycles. The number of methoxy groups -OCH3 is 1. The van der Waals surface area contributed by atoms with Gasteiger partial charge in [-0.25, -0.2) is 4.79 Å². The molecule has 2 N–H and O–H groups in total. The summed E-state index contributed by atoms with van der Waals surface area (Å²) in [4.78, 5) is 16.1. The average Bonchev–Trinajstić information content (AvgIpc) is 3.00. The average molecular weight is 326 g/mol. The Morgan fingerprint density at radius 3 is 2.79 bits per heavy atom. The van der Waals surface area contributed by atoms with Crippen LogP contribution in [-0.4, -0.2) is 33.4 Å². The molecule has 2 aromatic heterocycles. The van der Waals surface area contributed by atoms with Crippen LogP contribution in [0.2, 0.25) is 0 Å². The number of benzene rings is 1. The van der Waals surface area contributed by atoms with Crippen LogP contribution >= 0.6 is 0 Å². The summed E-state index contributed by atoms with van der Waals surface area (Å²) in [5, 5.41) is 17.4. The molecule has 0 aliphatic carbocycles. The van der Waals surface area contributed by atoms with Gasteiger partial charge in [-0.05, 0) is 19.1 Å². The summed E-state index contributed by atoms with van der Waals surface area (Å²) in [7, 11) is 1.33.